The molecule has 0 aliphatic heterocycles. The van der Waals surface area contributed by atoms with E-state index in [-0.39, 0.29) is 30.6 Å². The molecule has 4 N–H and O–H groups in total. The molecule has 0 saturated carbocycles. The van der Waals surface area contributed by atoms with E-state index in [0.717, 1.165) is 12.1 Å². The van der Waals surface area contributed by atoms with Gasteiger partial charge in [0.2, 0.25) is 0 Å². The Bertz CT molecular complexity index is 386. The van der Waals surface area contributed by atoms with Gasteiger partial charge in [-0.15, -0.1) is 24.0 Å². The molecule has 1 aromatic rings. The summed E-state index contributed by atoms with van der Waals surface area (Å²) in [6.45, 7) is 3.65. The number of hydrogen-bond donors (Lipinski definition) is 3. The summed E-state index contributed by atoms with van der Waals surface area (Å²) in [5.74, 6) is 0.405. The van der Waals surface area contributed by atoms with Crippen molar-refractivity contribution in [2.24, 2.45) is 10.7 Å². The van der Waals surface area contributed by atoms with E-state index in [1.54, 1.807) is 0 Å². The molecule has 0 aliphatic carbocycles. The van der Waals surface area contributed by atoms with Crippen molar-refractivity contribution in [3.8, 4) is 0 Å². The number of rotatable bonds is 7. The Labute approximate surface area is 131 Å². The molecule has 108 valence electrons. The molecular weight excluding hydrogens is 357 g/mol. The summed E-state index contributed by atoms with van der Waals surface area (Å²) < 4.78 is 5.12. The number of ether oxygens (including phenoxy) is 1. The predicted octanol–water partition coefficient (Wildman–Crippen LogP) is 1.74. The summed E-state index contributed by atoms with van der Waals surface area (Å²) in [5, 5.41) is 11.5. The number of nitrogens with one attached hydrogen (secondary N) is 1. The highest BCUT2D eigenvalue weighted by Crippen LogP contribution is 2.08. The van der Waals surface area contributed by atoms with E-state index in [2.05, 4.69) is 10.3 Å². The number of halogens is 1. The van der Waals surface area contributed by atoms with Gasteiger partial charge < -0.3 is 20.9 Å². The molecule has 0 atom stereocenters. The van der Waals surface area contributed by atoms with E-state index in [1.807, 2.05) is 31.2 Å². The van der Waals surface area contributed by atoms with Crippen molar-refractivity contribution in [1.82, 2.24) is 0 Å². The lowest BCUT2D eigenvalue weighted by Crippen LogP contribution is -2.23. The lowest BCUT2D eigenvalue weighted by atomic mass is 10.2. The number of benzene rings is 1. The largest absolute Gasteiger partial charge is 0.394 e. The molecular formula is C13H22IN3O2. The van der Waals surface area contributed by atoms with Gasteiger partial charge >= 0.3 is 0 Å². The molecule has 0 aromatic heterocycles. The van der Waals surface area contributed by atoms with E-state index in [4.69, 9.17) is 15.6 Å². The van der Waals surface area contributed by atoms with E-state index in [9.17, 15) is 0 Å². The van der Waals surface area contributed by atoms with Crippen LogP contribution in [0.15, 0.2) is 29.3 Å². The molecule has 0 amide bonds. The maximum atomic E-state index is 8.51. The Morgan fingerprint density at radius 2 is 2.21 bits per heavy atom. The smallest absolute Gasteiger partial charge is 0.193 e. The summed E-state index contributed by atoms with van der Waals surface area (Å²) in [6, 6.07) is 7.94. The Morgan fingerprint density at radius 3 is 2.89 bits per heavy atom. The van der Waals surface area contributed by atoms with Crippen LogP contribution in [0.1, 0.15) is 12.0 Å². The van der Waals surface area contributed by atoms with Gasteiger partial charge in [-0.2, -0.15) is 0 Å². The SMILES string of the molecule is Cc1cccc(NC(N)=NCCCOCCO)c1.I. The molecule has 0 bridgehead atoms. The zero-order valence-corrected chi connectivity index (χ0v) is 13.5. The first-order valence-electron chi connectivity index (χ1n) is 6.04. The molecule has 0 saturated heterocycles. The Balaban J connectivity index is 0.00000324. The highest BCUT2D eigenvalue weighted by Gasteiger charge is 1.95. The van der Waals surface area contributed by atoms with Crippen LogP contribution in [0, 0.1) is 6.92 Å². The number of aliphatic hydroxyl groups is 1. The van der Waals surface area contributed by atoms with Crippen molar-refractivity contribution in [1.29, 1.82) is 0 Å². The lowest BCUT2D eigenvalue weighted by molar-refractivity contribution is 0.0918. The van der Waals surface area contributed by atoms with Gasteiger partial charge in [0.1, 0.15) is 0 Å². The van der Waals surface area contributed by atoms with Crippen molar-refractivity contribution in [2.75, 3.05) is 31.7 Å². The van der Waals surface area contributed by atoms with Crippen molar-refractivity contribution in [2.45, 2.75) is 13.3 Å². The van der Waals surface area contributed by atoms with Gasteiger partial charge in [0.05, 0.1) is 13.2 Å². The van der Waals surface area contributed by atoms with E-state index < -0.39 is 0 Å². The fourth-order valence-corrected chi connectivity index (χ4v) is 1.44. The topological polar surface area (TPSA) is 79.9 Å². The van der Waals surface area contributed by atoms with Crippen molar-refractivity contribution >= 4 is 35.6 Å². The minimum absolute atomic E-state index is 0. The Kier molecular flexibility index (Phi) is 10.5. The van der Waals surface area contributed by atoms with Crippen LogP contribution in [0.2, 0.25) is 0 Å². The summed E-state index contributed by atoms with van der Waals surface area (Å²) in [4.78, 5) is 4.19. The third kappa shape index (κ3) is 8.79. The normalized spacial score (nSPS) is 10.9. The third-order valence-electron chi connectivity index (χ3n) is 2.26. The summed E-state index contributed by atoms with van der Waals surface area (Å²) in [6.07, 6.45) is 0.788. The number of aliphatic imine (C=N–C) groups is 1. The fourth-order valence-electron chi connectivity index (χ4n) is 1.44. The fraction of sp³-hybridized carbons (Fsp3) is 0.462. The van der Waals surface area contributed by atoms with Gasteiger partial charge in [-0.05, 0) is 31.0 Å². The van der Waals surface area contributed by atoms with Crippen LogP contribution in [-0.4, -0.2) is 37.4 Å². The van der Waals surface area contributed by atoms with E-state index in [1.165, 1.54) is 5.56 Å². The van der Waals surface area contributed by atoms with Crippen LogP contribution < -0.4 is 11.1 Å². The quantitative estimate of drug-likeness (QED) is 0.292. The predicted molar refractivity (Wildman–Crippen MR) is 89.2 cm³/mol. The number of anilines is 1. The van der Waals surface area contributed by atoms with Crippen LogP contribution in [-0.2, 0) is 4.74 Å². The highest BCUT2D eigenvalue weighted by molar-refractivity contribution is 14.0. The second kappa shape index (κ2) is 11.0. The molecule has 0 fully saturated rings. The maximum Gasteiger partial charge on any atom is 0.193 e. The van der Waals surface area contributed by atoms with Crippen LogP contribution in [0.3, 0.4) is 0 Å². The second-order valence-corrected chi connectivity index (χ2v) is 3.95. The number of nitrogens with two attached hydrogens (primary N) is 1. The molecule has 6 heteroatoms. The molecule has 5 nitrogen and oxygen atoms in total. The monoisotopic (exact) mass is 379 g/mol. The number of guanidine groups is 1. The van der Waals surface area contributed by atoms with Crippen molar-refractivity contribution in [3.05, 3.63) is 29.8 Å². The van der Waals surface area contributed by atoms with Crippen LogP contribution in [0.5, 0.6) is 0 Å². The average molecular weight is 379 g/mol. The van der Waals surface area contributed by atoms with Crippen LogP contribution in [0.4, 0.5) is 5.69 Å². The minimum atomic E-state index is 0. The van der Waals surface area contributed by atoms with Crippen molar-refractivity contribution < 1.29 is 9.84 Å². The van der Waals surface area contributed by atoms with Gasteiger partial charge in [-0.3, -0.25) is 4.99 Å². The van der Waals surface area contributed by atoms with E-state index >= 15 is 0 Å². The lowest BCUT2D eigenvalue weighted by Gasteiger charge is -2.06. The van der Waals surface area contributed by atoms with Gasteiger partial charge in [0, 0.05) is 18.8 Å². The van der Waals surface area contributed by atoms with Crippen LogP contribution >= 0.6 is 24.0 Å². The first kappa shape index (κ1) is 18.1. The van der Waals surface area contributed by atoms with Crippen LogP contribution in [0.25, 0.3) is 0 Å². The molecule has 0 aliphatic rings. The molecule has 1 rings (SSSR count). The second-order valence-electron chi connectivity index (χ2n) is 3.95. The molecule has 0 spiro atoms. The Hall–Kier alpha value is -0.860. The zero-order chi connectivity index (χ0) is 13.2. The van der Waals surface area contributed by atoms with E-state index in [0.29, 0.717) is 25.7 Å². The standard InChI is InChI=1S/C13H21N3O2.HI/c1-11-4-2-5-12(10-11)16-13(14)15-6-3-8-18-9-7-17;/h2,4-5,10,17H,3,6-9H2,1H3,(H3,14,15,16);1H. The maximum absolute atomic E-state index is 8.51. The minimum Gasteiger partial charge on any atom is -0.394 e. The molecule has 19 heavy (non-hydrogen) atoms. The van der Waals surface area contributed by atoms with Gasteiger partial charge in [-0.25, -0.2) is 0 Å². The Morgan fingerprint density at radius 1 is 1.42 bits per heavy atom. The average Bonchev–Trinajstić information content (AvgIpc) is 2.33. The zero-order valence-electron chi connectivity index (χ0n) is 11.1. The first-order valence-corrected chi connectivity index (χ1v) is 6.04. The molecule has 1 aromatic carbocycles. The molecule has 0 radical (unpaired) electrons. The third-order valence-corrected chi connectivity index (χ3v) is 2.26. The number of aliphatic hydroxyl groups excluding tert-OH is 1. The molecule has 0 unspecified atom stereocenters. The highest BCUT2D eigenvalue weighted by atomic mass is 127. The van der Waals surface area contributed by atoms with Gasteiger partial charge in [-0.1, -0.05) is 12.1 Å². The van der Waals surface area contributed by atoms with Gasteiger partial charge in [0.15, 0.2) is 5.96 Å². The number of hydrogen-bond acceptors (Lipinski definition) is 3. The first-order chi connectivity index (χ1) is 8.72. The van der Waals surface area contributed by atoms with Gasteiger partial charge in [0.25, 0.3) is 0 Å². The van der Waals surface area contributed by atoms with Crippen molar-refractivity contribution in [3.63, 3.8) is 0 Å². The summed E-state index contributed by atoms with van der Waals surface area (Å²) in [5.41, 5.74) is 7.86. The summed E-state index contributed by atoms with van der Waals surface area (Å²) in [7, 11) is 0. The number of nitrogens with zero attached hydrogens (tertiary/aromatic N) is 1. The number of aryl methyl sites for hydroxylation is 1. The summed E-state index contributed by atoms with van der Waals surface area (Å²) >= 11 is 0. The molecule has 0 heterocycles.